The molecule has 0 aliphatic rings. The Hall–Kier alpha value is -0.550. The molecule has 5 heteroatoms. The van der Waals surface area contributed by atoms with Crippen LogP contribution in [0.2, 0.25) is 0 Å². The third-order valence-electron chi connectivity index (χ3n) is 1.20. The molecule has 0 bridgehead atoms. The number of hydrogen-bond acceptors (Lipinski definition) is 4. The van der Waals surface area contributed by atoms with Crippen molar-refractivity contribution < 1.29 is 0 Å². The molecule has 0 aromatic carbocycles. The number of aromatic nitrogens is 3. The van der Waals surface area contributed by atoms with Crippen LogP contribution in [0.15, 0.2) is 10.8 Å². The molecule has 0 N–H and O–H groups in total. The van der Waals surface area contributed by atoms with Gasteiger partial charge in [-0.3, -0.25) is 0 Å². The first-order valence-corrected chi connectivity index (χ1v) is 4.62. The lowest BCUT2D eigenvalue weighted by Crippen LogP contribution is -1.80. The Bertz CT molecular complexity index is 398. The lowest BCUT2D eigenvalue weighted by molar-refractivity contribution is 1.20. The van der Waals surface area contributed by atoms with E-state index in [2.05, 4.69) is 30.9 Å². The molecule has 0 aliphatic carbocycles. The van der Waals surface area contributed by atoms with Crippen molar-refractivity contribution in [2.45, 2.75) is 6.92 Å². The van der Waals surface area contributed by atoms with E-state index in [0.29, 0.717) is 0 Å². The summed E-state index contributed by atoms with van der Waals surface area (Å²) >= 11 is 4.79. The maximum Gasteiger partial charge on any atom is 0.190 e. The second-order valence-corrected chi connectivity index (χ2v) is 4.05. The smallest absolute Gasteiger partial charge is 0.190 e. The molecule has 0 saturated heterocycles. The van der Waals surface area contributed by atoms with Gasteiger partial charge in [-0.25, -0.2) is 15.0 Å². The maximum atomic E-state index is 4.19. The Morgan fingerprint density at radius 3 is 3.09 bits per heavy atom. The first kappa shape index (κ1) is 7.12. The number of thiazole rings is 1. The quantitative estimate of drug-likeness (QED) is 0.696. The monoisotopic (exact) mass is 229 g/mol. The Morgan fingerprint density at radius 2 is 2.27 bits per heavy atom. The van der Waals surface area contributed by atoms with Crippen LogP contribution in [0.25, 0.3) is 10.5 Å². The van der Waals surface area contributed by atoms with Crippen LogP contribution in [0, 0.1) is 6.92 Å². The standard InChI is InChI=1S/C6H4BrN3S/c1-3-9-5-6(11-3)8-2-4(7)10-5/h2H,1H3. The van der Waals surface area contributed by atoms with Crippen LogP contribution in [-0.2, 0) is 0 Å². The van der Waals surface area contributed by atoms with E-state index in [1.807, 2.05) is 6.92 Å². The van der Waals surface area contributed by atoms with Crippen molar-refractivity contribution in [3.8, 4) is 0 Å². The fourth-order valence-corrected chi connectivity index (χ4v) is 1.77. The molecule has 0 fully saturated rings. The van der Waals surface area contributed by atoms with Gasteiger partial charge in [0.05, 0.1) is 11.2 Å². The van der Waals surface area contributed by atoms with Gasteiger partial charge in [0.15, 0.2) is 10.5 Å². The lowest BCUT2D eigenvalue weighted by atomic mass is 10.7. The van der Waals surface area contributed by atoms with Crippen molar-refractivity contribution in [2.24, 2.45) is 0 Å². The number of hydrogen-bond donors (Lipinski definition) is 0. The number of halogens is 1. The highest BCUT2D eigenvalue weighted by Crippen LogP contribution is 2.18. The molecule has 3 nitrogen and oxygen atoms in total. The molecule has 0 atom stereocenters. The first-order valence-electron chi connectivity index (χ1n) is 3.01. The van der Waals surface area contributed by atoms with Crippen molar-refractivity contribution >= 4 is 37.7 Å². The molecule has 11 heavy (non-hydrogen) atoms. The third-order valence-corrected chi connectivity index (χ3v) is 2.45. The van der Waals surface area contributed by atoms with Crippen molar-refractivity contribution in [3.63, 3.8) is 0 Å². The Balaban J connectivity index is 2.82. The zero-order chi connectivity index (χ0) is 7.84. The molecular weight excluding hydrogens is 226 g/mol. The van der Waals surface area contributed by atoms with Gasteiger partial charge in [0.1, 0.15) is 4.60 Å². The van der Waals surface area contributed by atoms with E-state index < -0.39 is 0 Å². The minimum atomic E-state index is 0.724. The maximum absolute atomic E-state index is 4.19. The normalized spacial score (nSPS) is 10.7. The summed E-state index contributed by atoms with van der Waals surface area (Å²) < 4.78 is 0.732. The topological polar surface area (TPSA) is 38.7 Å². The Morgan fingerprint density at radius 1 is 1.45 bits per heavy atom. The van der Waals surface area contributed by atoms with Crippen molar-refractivity contribution in [1.29, 1.82) is 0 Å². The highest BCUT2D eigenvalue weighted by molar-refractivity contribution is 9.10. The summed E-state index contributed by atoms with van der Waals surface area (Å²) in [7, 11) is 0. The Labute approximate surface area is 75.6 Å². The molecule has 0 spiro atoms. The van der Waals surface area contributed by atoms with E-state index >= 15 is 0 Å². The molecule has 0 radical (unpaired) electrons. The molecule has 2 aromatic rings. The minimum absolute atomic E-state index is 0.724. The summed E-state index contributed by atoms with van der Waals surface area (Å²) in [5, 5.41) is 0.998. The van der Waals surface area contributed by atoms with Crippen molar-refractivity contribution in [1.82, 2.24) is 15.0 Å². The van der Waals surface area contributed by atoms with E-state index in [1.54, 1.807) is 17.5 Å². The summed E-state index contributed by atoms with van der Waals surface area (Å²) in [4.78, 5) is 13.4. The highest BCUT2D eigenvalue weighted by atomic mass is 79.9. The van der Waals surface area contributed by atoms with Gasteiger partial charge in [-0.1, -0.05) is 11.3 Å². The minimum Gasteiger partial charge on any atom is -0.239 e. The Kier molecular flexibility index (Phi) is 1.61. The molecular formula is C6H4BrN3S. The van der Waals surface area contributed by atoms with Gasteiger partial charge in [0, 0.05) is 0 Å². The fourth-order valence-electron chi connectivity index (χ4n) is 0.804. The van der Waals surface area contributed by atoms with E-state index in [0.717, 1.165) is 20.1 Å². The number of rotatable bonds is 0. The van der Waals surface area contributed by atoms with Crippen LogP contribution < -0.4 is 0 Å². The van der Waals surface area contributed by atoms with E-state index in [-0.39, 0.29) is 0 Å². The van der Waals surface area contributed by atoms with Crippen LogP contribution in [0.4, 0.5) is 0 Å². The number of fused-ring (bicyclic) bond motifs is 1. The van der Waals surface area contributed by atoms with Gasteiger partial charge in [-0.15, -0.1) is 0 Å². The van der Waals surface area contributed by atoms with Crippen LogP contribution in [0.3, 0.4) is 0 Å². The molecule has 0 unspecified atom stereocenters. The van der Waals surface area contributed by atoms with E-state index in [4.69, 9.17) is 0 Å². The van der Waals surface area contributed by atoms with Crippen LogP contribution in [0.5, 0.6) is 0 Å². The zero-order valence-electron chi connectivity index (χ0n) is 5.71. The van der Waals surface area contributed by atoms with Crippen molar-refractivity contribution in [2.75, 3.05) is 0 Å². The average Bonchev–Trinajstić information content (AvgIpc) is 2.27. The molecule has 0 amide bonds. The molecule has 0 aliphatic heterocycles. The lowest BCUT2D eigenvalue weighted by Gasteiger charge is -1.85. The predicted octanol–water partition coefficient (Wildman–Crippen LogP) is 2.16. The number of nitrogens with zero attached hydrogens (tertiary/aromatic N) is 3. The van der Waals surface area contributed by atoms with Gasteiger partial charge in [0.25, 0.3) is 0 Å². The van der Waals surface area contributed by atoms with Crippen LogP contribution >= 0.6 is 27.3 Å². The fraction of sp³-hybridized carbons (Fsp3) is 0.167. The van der Waals surface area contributed by atoms with Crippen molar-refractivity contribution in [3.05, 3.63) is 15.8 Å². The molecule has 0 saturated carbocycles. The summed E-state index contributed by atoms with van der Waals surface area (Å²) in [6.45, 7) is 1.95. The second-order valence-electron chi connectivity index (χ2n) is 2.05. The van der Waals surface area contributed by atoms with E-state index in [1.165, 1.54) is 0 Å². The highest BCUT2D eigenvalue weighted by Gasteiger charge is 2.01. The zero-order valence-corrected chi connectivity index (χ0v) is 8.11. The molecule has 56 valence electrons. The SMILES string of the molecule is Cc1nc2nc(Br)cnc2s1. The van der Waals surface area contributed by atoms with Gasteiger partial charge in [0.2, 0.25) is 0 Å². The first-order chi connectivity index (χ1) is 5.25. The third kappa shape index (κ3) is 1.25. The summed E-state index contributed by atoms with van der Waals surface area (Å²) in [5.74, 6) is 0. The van der Waals surface area contributed by atoms with Crippen LogP contribution in [-0.4, -0.2) is 15.0 Å². The average molecular weight is 230 g/mol. The van der Waals surface area contributed by atoms with Crippen LogP contribution in [0.1, 0.15) is 5.01 Å². The summed E-state index contributed by atoms with van der Waals surface area (Å²) in [5.41, 5.74) is 0.724. The number of aryl methyl sites for hydroxylation is 1. The predicted molar refractivity (Wildman–Crippen MR) is 47.6 cm³/mol. The second kappa shape index (κ2) is 2.49. The van der Waals surface area contributed by atoms with Gasteiger partial charge in [-0.05, 0) is 22.9 Å². The molecule has 2 heterocycles. The molecule has 2 aromatic heterocycles. The largest absolute Gasteiger partial charge is 0.239 e. The van der Waals surface area contributed by atoms with Gasteiger partial charge < -0.3 is 0 Å². The van der Waals surface area contributed by atoms with E-state index in [9.17, 15) is 0 Å². The van der Waals surface area contributed by atoms with Gasteiger partial charge in [-0.2, -0.15) is 0 Å². The summed E-state index contributed by atoms with van der Waals surface area (Å²) in [6.07, 6.45) is 1.68. The molecule has 2 rings (SSSR count). The summed E-state index contributed by atoms with van der Waals surface area (Å²) in [6, 6.07) is 0. The van der Waals surface area contributed by atoms with Gasteiger partial charge >= 0.3 is 0 Å².